The van der Waals surface area contributed by atoms with E-state index in [2.05, 4.69) is 10.2 Å². The summed E-state index contributed by atoms with van der Waals surface area (Å²) in [6.07, 6.45) is 0. The Morgan fingerprint density at radius 3 is 2.60 bits per heavy atom. The van der Waals surface area contributed by atoms with Crippen molar-refractivity contribution in [3.05, 3.63) is 44.8 Å². The Morgan fingerprint density at radius 2 is 1.95 bits per heavy atom. The first-order chi connectivity index (χ1) is 9.58. The second kappa shape index (κ2) is 5.09. The topological polar surface area (TPSA) is 54.7 Å². The number of nitrogens with two attached hydrogens (primary N) is 1. The molecular formula is C13H8Cl2FN3S. The number of thiophene rings is 1. The summed E-state index contributed by atoms with van der Waals surface area (Å²) in [5.74, 6) is -0.164. The maximum Gasteiger partial charge on any atom is 0.153 e. The summed E-state index contributed by atoms with van der Waals surface area (Å²) >= 11 is 13.3. The molecule has 0 fully saturated rings. The van der Waals surface area contributed by atoms with E-state index in [9.17, 15) is 4.39 Å². The van der Waals surface area contributed by atoms with Gasteiger partial charge in [-0.3, -0.25) is 5.10 Å². The molecule has 3 rings (SSSR count). The van der Waals surface area contributed by atoms with Crippen LogP contribution in [0.5, 0.6) is 0 Å². The maximum absolute atomic E-state index is 14.0. The molecule has 0 bridgehead atoms. The molecule has 0 saturated heterocycles. The van der Waals surface area contributed by atoms with Crippen molar-refractivity contribution in [2.45, 2.75) is 0 Å². The highest BCUT2D eigenvalue weighted by atomic mass is 35.5. The minimum absolute atomic E-state index is 0.212. The van der Waals surface area contributed by atoms with Gasteiger partial charge in [0.05, 0.1) is 15.6 Å². The third kappa shape index (κ3) is 2.18. The molecule has 0 saturated carbocycles. The quantitative estimate of drug-likeness (QED) is 0.708. The van der Waals surface area contributed by atoms with Crippen LogP contribution in [-0.4, -0.2) is 10.2 Å². The van der Waals surface area contributed by atoms with Crippen LogP contribution in [0.3, 0.4) is 0 Å². The molecule has 3 nitrogen and oxygen atoms in total. The van der Waals surface area contributed by atoms with Gasteiger partial charge in [-0.05, 0) is 12.1 Å². The van der Waals surface area contributed by atoms with E-state index in [4.69, 9.17) is 28.9 Å². The van der Waals surface area contributed by atoms with E-state index < -0.39 is 0 Å². The Bertz CT molecular complexity index is 782. The van der Waals surface area contributed by atoms with Gasteiger partial charge in [-0.25, -0.2) is 4.39 Å². The second-order valence-electron chi connectivity index (χ2n) is 4.08. The number of rotatable bonds is 2. The van der Waals surface area contributed by atoms with Gasteiger partial charge in [-0.15, -0.1) is 11.3 Å². The minimum Gasteiger partial charge on any atom is -0.382 e. The van der Waals surface area contributed by atoms with Crippen molar-refractivity contribution < 1.29 is 4.39 Å². The molecule has 2 heterocycles. The Labute approximate surface area is 128 Å². The van der Waals surface area contributed by atoms with Crippen LogP contribution >= 0.6 is 34.5 Å². The van der Waals surface area contributed by atoms with Gasteiger partial charge in [0.25, 0.3) is 0 Å². The molecule has 0 spiro atoms. The lowest BCUT2D eigenvalue weighted by atomic mass is 10.0. The first-order valence-electron chi connectivity index (χ1n) is 5.62. The molecule has 0 radical (unpaired) electrons. The lowest BCUT2D eigenvalue weighted by Crippen LogP contribution is -1.91. The fraction of sp³-hybridized carbons (Fsp3) is 0. The third-order valence-electron chi connectivity index (χ3n) is 2.86. The highest BCUT2D eigenvalue weighted by Gasteiger charge is 2.20. The Kier molecular flexibility index (Phi) is 3.41. The first-order valence-corrected chi connectivity index (χ1v) is 7.19. The van der Waals surface area contributed by atoms with Crippen LogP contribution in [0.4, 0.5) is 10.2 Å². The van der Waals surface area contributed by atoms with Crippen molar-refractivity contribution in [2.75, 3.05) is 5.73 Å². The zero-order valence-electron chi connectivity index (χ0n) is 9.95. The van der Waals surface area contributed by atoms with Crippen molar-refractivity contribution in [3.63, 3.8) is 0 Å². The molecule has 1 aromatic carbocycles. The zero-order chi connectivity index (χ0) is 14.3. The summed E-state index contributed by atoms with van der Waals surface area (Å²) in [7, 11) is 0. The van der Waals surface area contributed by atoms with Gasteiger partial charge < -0.3 is 5.73 Å². The van der Waals surface area contributed by atoms with E-state index in [0.717, 1.165) is 0 Å². The van der Waals surface area contributed by atoms with Crippen molar-refractivity contribution >= 4 is 40.4 Å². The minimum atomic E-state index is -0.376. The number of hydrogen-bond donors (Lipinski definition) is 2. The molecule has 0 atom stereocenters. The average Bonchev–Trinajstić information content (AvgIpc) is 2.93. The summed E-state index contributed by atoms with van der Waals surface area (Å²) in [5, 5.41) is 6.74. The van der Waals surface area contributed by atoms with Crippen LogP contribution in [0.2, 0.25) is 8.67 Å². The van der Waals surface area contributed by atoms with Crippen molar-refractivity contribution in [1.29, 1.82) is 0 Å². The van der Waals surface area contributed by atoms with Gasteiger partial charge in [0, 0.05) is 11.1 Å². The summed E-state index contributed by atoms with van der Waals surface area (Å²) in [6.45, 7) is 0. The molecule has 102 valence electrons. The first kappa shape index (κ1) is 13.4. The van der Waals surface area contributed by atoms with E-state index in [1.165, 1.54) is 17.4 Å². The fourth-order valence-corrected chi connectivity index (χ4v) is 3.47. The lowest BCUT2D eigenvalue weighted by molar-refractivity contribution is 0.631. The van der Waals surface area contributed by atoms with E-state index in [0.29, 0.717) is 31.1 Å². The number of H-pyrrole nitrogens is 1. The van der Waals surface area contributed by atoms with Crippen LogP contribution in [0.15, 0.2) is 30.3 Å². The average molecular weight is 328 g/mol. The summed E-state index contributed by atoms with van der Waals surface area (Å²) in [4.78, 5) is 0. The molecule has 0 amide bonds. The number of nitrogens with one attached hydrogen (secondary N) is 1. The molecule has 2 aromatic heterocycles. The van der Waals surface area contributed by atoms with Gasteiger partial charge in [-0.1, -0.05) is 41.4 Å². The van der Waals surface area contributed by atoms with Crippen LogP contribution in [-0.2, 0) is 0 Å². The number of aromatic nitrogens is 2. The van der Waals surface area contributed by atoms with Crippen LogP contribution in [0.1, 0.15) is 0 Å². The largest absolute Gasteiger partial charge is 0.382 e. The molecule has 0 aliphatic carbocycles. The van der Waals surface area contributed by atoms with Crippen LogP contribution in [0, 0.1) is 5.82 Å². The number of benzene rings is 1. The highest BCUT2D eigenvalue weighted by Crippen LogP contribution is 2.43. The number of nitrogen functional groups attached to an aromatic ring is 1. The highest BCUT2D eigenvalue weighted by molar-refractivity contribution is 7.20. The molecule has 20 heavy (non-hydrogen) atoms. The van der Waals surface area contributed by atoms with Gasteiger partial charge in [0.2, 0.25) is 0 Å². The van der Waals surface area contributed by atoms with Crippen LogP contribution < -0.4 is 5.73 Å². The van der Waals surface area contributed by atoms with Gasteiger partial charge in [-0.2, -0.15) is 5.10 Å². The van der Waals surface area contributed by atoms with Crippen molar-refractivity contribution in [3.8, 4) is 22.4 Å². The number of anilines is 1. The monoisotopic (exact) mass is 327 g/mol. The third-order valence-corrected chi connectivity index (χ3v) is 4.35. The molecular weight excluding hydrogens is 320 g/mol. The van der Waals surface area contributed by atoms with Gasteiger partial charge in [0.15, 0.2) is 5.82 Å². The predicted molar refractivity (Wildman–Crippen MR) is 81.7 cm³/mol. The van der Waals surface area contributed by atoms with E-state index in [1.54, 1.807) is 24.3 Å². The molecule has 3 aromatic rings. The summed E-state index contributed by atoms with van der Waals surface area (Å²) in [6, 6.07) is 8.06. The molecule has 0 unspecified atom stereocenters. The number of nitrogens with zero attached hydrogens (tertiary/aromatic N) is 1. The SMILES string of the molecule is Nc1n[nH]c(-c2cc(Cl)sc2Cl)c1-c1ccccc1F. The second-order valence-corrected chi connectivity index (χ2v) is 6.36. The molecule has 0 aliphatic heterocycles. The number of halogens is 3. The molecule has 7 heteroatoms. The Hall–Kier alpha value is -1.56. The molecule has 0 aliphatic rings. The lowest BCUT2D eigenvalue weighted by Gasteiger charge is -2.05. The van der Waals surface area contributed by atoms with Crippen LogP contribution in [0.25, 0.3) is 22.4 Å². The maximum atomic E-state index is 14.0. The Balaban J connectivity index is 2.26. The number of aromatic amines is 1. The predicted octanol–water partition coefficient (Wildman–Crippen LogP) is 4.83. The summed E-state index contributed by atoms with van der Waals surface area (Å²) in [5.41, 5.74) is 7.92. The smallest absolute Gasteiger partial charge is 0.153 e. The van der Waals surface area contributed by atoms with E-state index in [1.807, 2.05) is 0 Å². The van der Waals surface area contributed by atoms with Gasteiger partial charge >= 0.3 is 0 Å². The van der Waals surface area contributed by atoms with E-state index in [-0.39, 0.29) is 11.6 Å². The van der Waals surface area contributed by atoms with Crippen molar-refractivity contribution in [1.82, 2.24) is 10.2 Å². The summed E-state index contributed by atoms with van der Waals surface area (Å²) < 4.78 is 15.0. The molecule has 3 N–H and O–H groups in total. The standard InChI is InChI=1S/C13H8Cl2FN3S/c14-9-5-7(12(15)20-9)11-10(13(17)19-18-11)6-3-1-2-4-8(6)16/h1-5H,(H3,17,18,19). The zero-order valence-corrected chi connectivity index (χ0v) is 12.3. The normalized spacial score (nSPS) is 10.9. The van der Waals surface area contributed by atoms with Gasteiger partial charge in [0.1, 0.15) is 10.2 Å². The Morgan fingerprint density at radius 1 is 1.20 bits per heavy atom. The number of hydrogen-bond acceptors (Lipinski definition) is 3. The fourth-order valence-electron chi connectivity index (χ4n) is 2.00. The van der Waals surface area contributed by atoms with Crippen molar-refractivity contribution in [2.24, 2.45) is 0 Å². The van der Waals surface area contributed by atoms with E-state index >= 15 is 0 Å².